The molecule has 0 aliphatic heterocycles. The maximum Gasteiger partial charge on any atom is 0.223 e. The average molecular weight is 301 g/mol. The zero-order chi connectivity index (χ0) is 16.4. The van der Waals surface area contributed by atoms with Gasteiger partial charge < -0.3 is 10.2 Å². The molecule has 2 amide bonds. The van der Waals surface area contributed by atoms with Crippen molar-refractivity contribution in [1.82, 2.24) is 5.32 Å². The number of hydrogen-bond acceptors (Lipinski definition) is 3. The molecule has 0 unspecified atom stereocenters. The predicted molar refractivity (Wildman–Crippen MR) is 86.3 cm³/mol. The second kappa shape index (κ2) is 9.56. The first-order chi connectivity index (χ1) is 10.6. The molecular formula is C17H23N3O2. The number of nitriles is 1. The van der Waals surface area contributed by atoms with E-state index in [0.29, 0.717) is 17.8 Å². The number of hydrogen-bond donors (Lipinski definition) is 1. The third kappa shape index (κ3) is 5.57. The summed E-state index contributed by atoms with van der Waals surface area (Å²) in [5.74, 6) is -0.252. The summed E-state index contributed by atoms with van der Waals surface area (Å²) in [5.41, 5.74) is 0.984. The lowest BCUT2D eigenvalue weighted by Gasteiger charge is -2.22. The van der Waals surface area contributed by atoms with Crippen LogP contribution in [-0.2, 0) is 9.59 Å². The van der Waals surface area contributed by atoms with Crippen LogP contribution in [0.25, 0.3) is 0 Å². The maximum atomic E-state index is 11.8. The molecule has 1 aromatic rings. The fourth-order valence-electron chi connectivity index (χ4n) is 2.16. The van der Waals surface area contributed by atoms with E-state index in [1.807, 2.05) is 0 Å². The van der Waals surface area contributed by atoms with Gasteiger partial charge in [-0.15, -0.1) is 0 Å². The molecule has 0 aromatic heterocycles. The minimum atomic E-state index is -0.179. The van der Waals surface area contributed by atoms with Crippen molar-refractivity contribution in [2.24, 2.45) is 0 Å². The normalized spacial score (nSPS) is 9.86. The molecular weight excluding hydrogens is 278 g/mol. The van der Waals surface area contributed by atoms with Crippen molar-refractivity contribution in [3.8, 4) is 6.07 Å². The fraction of sp³-hybridized carbons (Fsp3) is 0.471. The van der Waals surface area contributed by atoms with Gasteiger partial charge in [0, 0.05) is 26.4 Å². The van der Waals surface area contributed by atoms with Gasteiger partial charge in [-0.05, 0) is 18.6 Å². The summed E-state index contributed by atoms with van der Waals surface area (Å²) in [6, 6.07) is 8.98. The number of benzene rings is 1. The van der Waals surface area contributed by atoms with E-state index in [4.69, 9.17) is 5.26 Å². The molecule has 0 aliphatic rings. The molecule has 1 rings (SSSR count). The van der Waals surface area contributed by atoms with Crippen LogP contribution in [0.1, 0.15) is 45.1 Å². The van der Waals surface area contributed by atoms with E-state index in [1.165, 1.54) is 11.8 Å². The van der Waals surface area contributed by atoms with Crippen molar-refractivity contribution in [3.05, 3.63) is 29.8 Å². The Labute approximate surface area is 131 Å². The third-order valence-electron chi connectivity index (χ3n) is 3.36. The van der Waals surface area contributed by atoms with Crippen LogP contribution in [-0.4, -0.2) is 24.9 Å². The first-order valence-electron chi connectivity index (χ1n) is 7.64. The number of rotatable bonds is 8. The highest BCUT2D eigenvalue weighted by Gasteiger charge is 2.16. The molecule has 0 bridgehead atoms. The van der Waals surface area contributed by atoms with Crippen molar-refractivity contribution < 1.29 is 9.59 Å². The Balaban J connectivity index is 2.61. The number of unbranched alkanes of at least 4 members (excludes halogenated alkanes) is 2. The molecule has 5 nitrogen and oxygen atoms in total. The average Bonchev–Trinajstić information content (AvgIpc) is 2.52. The first-order valence-corrected chi connectivity index (χ1v) is 7.64. The van der Waals surface area contributed by atoms with Crippen LogP contribution in [0.3, 0.4) is 0 Å². The number of para-hydroxylation sites is 1. The number of anilines is 1. The van der Waals surface area contributed by atoms with Crippen LogP contribution in [0.5, 0.6) is 0 Å². The quantitative estimate of drug-likeness (QED) is 0.750. The summed E-state index contributed by atoms with van der Waals surface area (Å²) in [7, 11) is 0. The van der Waals surface area contributed by atoms with E-state index < -0.39 is 0 Å². The second-order valence-electron chi connectivity index (χ2n) is 5.11. The highest BCUT2D eigenvalue weighted by Crippen LogP contribution is 2.20. The molecule has 0 aliphatic carbocycles. The first kappa shape index (κ1) is 17.7. The van der Waals surface area contributed by atoms with Crippen LogP contribution >= 0.6 is 0 Å². The van der Waals surface area contributed by atoms with Gasteiger partial charge in [0.1, 0.15) is 6.07 Å². The molecule has 22 heavy (non-hydrogen) atoms. The van der Waals surface area contributed by atoms with Gasteiger partial charge in [-0.1, -0.05) is 31.9 Å². The zero-order valence-electron chi connectivity index (χ0n) is 13.3. The molecule has 0 saturated heterocycles. The molecule has 0 fully saturated rings. The smallest absolute Gasteiger partial charge is 0.223 e. The fourth-order valence-corrected chi connectivity index (χ4v) is 2.16. The molecule has 0 heterocycles. The van der Waals surface area contributed by atoms with E-state index in [9.17, 15) is 9.59 Å². The Kier molecular flexibility index (Phi) is 7.69. The summed E-state index contributed by atoms with van der Waals surface area (Å²) < 4.78 is 0. The predicted octanol–water partition coefficient (Wildman–Crippen LogP) is 2.61. The molecule has 0 radical (unpaired) electrons. The summed E-state index contributed by atoms with van der Waals surface area (Å²) in [5, 5.41) is 12.0. The van der Waals surface area contributed by atoms with Gasteiger partial charge >= 0.3 is 0 Å². The summed E-state index contributed by atoms with van der Waals surface area (Å²) in [4.78, 5) is 25.1. The lowest BCUT2D eigenvalue weighted by atomic mass is 10.1. The van der Waals surface area contributed by atoms with E-state index in [-0.39, 0.29) is 24.8 Å². The van der Waals surface area contributed by atoms with Gasteiger partial charge in [0.2, 0.25) is 11.8 Å². The summed E-state index contributed by atoms with van der Waals surface area (Å²) >= 11 is 0. The minimum Gasteiger partial charge on any atom is -0.356 e. The van der Waals surface area contributed by atoms with Crippen LogP contribution in [0.4, 0.5) is 5.69 Å². The minimum absolute atomic E-state index is 0.0724. The van der Waals surface area contributed by atoms with Crippen LogP contribution in [0, 0.1) is 11.3 Å². The Morgan fingerprint density at radius 1 is 1.27 bits per heavy atom. The Morgan fingerprint density at radius 2 is 2.00 bits per heavy atom. The van der Waals surface area contributed by atoms with Gasteiger partial charge in [0.25, 0.3) is 0 Å². The van der Waals surface area contributed by atoms with Gasteiger partial charge in [-0.2, -0.15) is 5.26 Å². The Hall–Kier alpha value is -2.35. The van der Waals surface area contributed by atoms with Crippen molar-refractivity contribution in [2.45, 2.75) is 39.5 Å². The van der Waals surface area contributed by atoms with Crippen LogP contribution in [0.15, 0.2) is 24.3 Å². The third-order valence-corrected chi connectivity index (χ3v) is 3.36. The Bertz CT molecular complexity index is 549. The maximum absolute atomic E-state index is 11.8. The zero-order valence-corrected chi connectivity index (χ0v) is 13.3. The molecule has 0 saturated carbocycles. The monoisotopic (exact) mass is 301 g/mol. The lowest BCUT2D eigenvalue weighted by molar-refractivity contribution is -0.121. The number of carbonyl (C=O) groups is 2. The summed E-state index contributed by atoms with van der Waals surface area (Å²) in [6.07, 6.45) is 3.40. The van der Waals surface area contributed by atoms with Crippen molar-refractivity contribution in [1.29, 1.82) is 5.26 Å². The van der Waals surface area contributed by atoms with E-state index in [0.717, 1.165) is 19.3 Å². The molecule has 1 aromatic carbocycles. The topological polar surface area (TPSA) is 73.2 Å². The van der Waals surface area contributed by atoms with Crippen molar-refractivity contribution in [2.75, 3.05) is 18.0 Å². The number of amides is 2. The largest absolute Gasteiger partial charge is 0.356 e. The highest BCUT2D eigenvalue weighted by atomic mass is 16.2. The van der Waals surface area contributed by atoms with E-state index >= 15 is 0 Å². The van der Waals surface area contributed by atoms with Gasteiger partial charge in [-0.3, -0.25) is 9.59 Å². The van der Waals surface area contributed by atoms with Crippen LogP contribution < -0.4 is 10.2 Å². The van der Waals surface area contributed by atoms with E-state index in [2.05, 4.69) is 18.3 Å². The van der Waals surface area contributed by atoms with Crippen molar-refractivity contribution in [3.63, 3.8) is 0 Å². The molecule has 118 valence electrons. The van der Waals surface area contributed by atoms with Gasteiger partial charge in [0.05, 0.1) is 11.3 Å². The highest BCUT2D eigenvalue weighted by molar-refractivity contribution is 5.93. The van der Waals surface area contributed by atoms with Gasteiger partial charge in [0.15, 0.2) is 0 Å². The SMILES string of the molecule is CCCCCNC(=O)CCN(C(C)=O)c1ccccc1C#N. The number of carbonyl (C=O) groups excluding carboxylic acids is 2. The Morgan fingerprint density at radius 3 is 2.64 bits per heavy atom. The summed E-state index contributed by atoms with van der Waals surface area (Å²) in [6.45, 7) is 4.49. The van der Waals surface area contributed by atoms with Crippen molar-refractivity contribution >= 4 is 17.5 Å². The van der Waals surface area contributed by atoms with Gasteiger partial charge in [-0.25, -0.2) is 0 Å². The molecule has 1 N–H and O–H groups in total. The van der Waals surface area contributed by atoms with E-state index in [1.54, 1.807) is 24.3 Å². The lowest BCUT2D eigenvalue weighted by Crippen LogP contribution is -2.34. The molecule has 5 heteroatoms. The molecule has 0 atom stereocenters. The number of nitrogens with one attached hydrogen (secondary N) is 1. The standard InChI is InChI=1S/C17H23N3O2/c1-3-4-7-11-19-17(22)10-12-20(14(2)21)16-9-6-5-8-15(16)13-18/h5-6,8-9H,3-4,7,10-12H2,1-2H3,(H,19,22). The molecule has 0 spiro atoms. The number of nitrogens with zero attached hydrogens (tertiary/aromatic N) is 2. The second-order valence-corrected chi connectivity index (χ2v) is 5.11. The van der Waals surface area contributed by atoms with Crippen LogP contribution in [0.2, 0.25) is 0 Å².